The normalized spacial score (nSPS) is 37.1. The number of hydrogen-bond donors (Lipinski definition) is 0. The Morgan fingerprint density at radius 2 is 2.07 bits per heavy atom. The van der Waals surface area contributed by atoms with Crippen molar-refractivity contribution >= 4 is 5.97 Å². The van der Waals surface area contributed by atoms with E-state index in [1.54, 1.807) is 7.11 Å². The largest absolute Gasteiger partial charge is 0.468 e. The number of carbonyl (C=O) groups excluding carboxylic acids is 1. The Kier molecular flexibility index (Phi) is 2.74. The number of carbonyl (C=O) groups is 1. The molecule has 0 amide bonds. The molecule has 0 spiro atoms. The second-order valence-corrected chi connectivity index (χ2v) is 4.05. The van der Waals surface area contributed by atoms with Crippen molar-refractivity contribution in [2.45, 2.75) is 37.5 Å². The molecule has 14 heavy (non-hydrogen) atoms. The molecular formula is C10H17NO3. The van der Waals surface area contributed by atoms with Gasteiger partial charge >= 0.3 is 5.97 Å². The lowest BCUT2D eigenvalue weighted by Crippen LogP contribution is -2.61. The summed E-state index contributed by atoms with van der Waals surface area (Å²) in [6.45, 7) is 1.03. The van der Waals surface area contributed by atoms with Crippen molar-refractivity contribution in [1.82, 2.24) is 4.90 Å². The van der Waals surface area contributed by atoms with E-state index in [2.05, 4.69) is 4.90 Å². The number of hydrogen-bond acceptors (Lipinski definition) is 4. The second-order valence-electron chi connectivity index (χ2n) is 4.05. The Labute approximate surface area is 84.2 Å². The van der Waals surface area contributed by atoms with Gasteiger partial charge in [0.25, 0.3) is 0 Å². The molecule has 0 bridgehead atoms. The highest BCUT2D eigenvalue weighted by Crippen LogP contribution is 2.34. The molecule has 0 aromatic heterocycles. The molecule has 2 rings (SSSR count). The predicted octanol–water partition coefficient (Wildman–Crippen LogP) is 0.411. The summed E-state index contributed by atoms with van der Waals surface area (Å²) in [6, 6.07) is 0.556. The van der Waals surface area contributed by atoms with E-state index in [0.717, 1.165) is 25.8 Å². The molecule has 2 aliphatic rings. The highest BCUT2D eigenvalue weighted by molar-refractivity contribution is 5.76. The van der Waals surface area contributed by atoms with Gasteiger partial charge in [-0.25, -0.2) is 0 Å². The molecule has 1 unspecified atom stereocenters. The average Bonchev–Trinajstić information content (AvgIpc) is 2.07. The highest BCUT2D eigenvalue weighted by atomic mass is 16.5. The van der Waals surface area contributed by atoms with Crippen LogP contribution in [0.15, 0.2) is 0 Å². The molecule has 0 N–H and O–H groups in total. The van der Waals surface area contributed by atoms with E-state index >= 15 is 0 Å². The Morgan fingerprint density at radius 3 is 2.50 bits per heavy atom. The molecule has 1 saturated heterocycles. The number of nitrogens with zero attached hydrogens (tertiary/aromatic N) is 1. The molecular weight excluding hydrogens is 182 g/mol. The van der Waals surface area contributed by atoms with Crippen LogP contribution in [0.4, 0.5) is 0 Å². The molecule has 1 aliphatic heterocycles. The van der Waals surface area contributed by atoms with Crippen LogP contribution in [0.25, 0.3) is 0 Å². The van der Waals surface area contributed by atoms with Gasteiger partial charge in [0.2, 0.25) is 0 Å². The van der Waals surface area contributed by atoms with Gasteiger partial charge in [-0.2, -0.15) is 0 Å². The van der Waals surface area contributed by atoms with Gasteiger partial charge in [0.15, 0.2) is 0 Å². The smallest absolute Gasteiger partial charge is 0.323 e. The van der Waals surface area contributed by atoms with E-state index < -0.39 is 0 Å². The Balaban J connectivity index is 1.80. The van der Waals surface area contributed by atoms with Gasteiger partial charge in [-0.1, -0.05) is 0 Å². The van der Waals surface area contributed by atoms with Crippen LogP contribution in [0.2, 0.25) is 0 Å². The minimum atomic E-state index is -0.0860. The zero-order chi connectivity index (χ0) is 10.1. The third-order valence-electron chi connectivity index (χ3n) is 3.41. The van der Waals surface area contributed by atoms with Gasteiger partial charge in [0, 0.05) is 19.7 Å². The van der Waals surface area contributed by atoms with E-state index in [9.17, 15) is 4.79 Å². The molecule has 2 fully saturated rings. The van der Waals surface area contributed by atoms with Crippen LogP contribution < -0.4 is 0 Å². The molecule has 0 radical (unpaired) electrons. The van der Waals surface area contributed by atoms with Crippen LogP contribution in [0.1, 0.15) is 19.3 Å². The van der Waals surface area contributed by atoms with Crippen molar-refractivity contribution in [2.24, 2.45) is 0 Å². The third kappa shape index (κ3) is 1.53. The maximum atomic E-state index is 11.3. The van der Waals surface area contributed by atoms with Crippen LogP contribution in [0.3, 0.4) is 0 Å². The van der Waals surface area contributed by atoms with Crippen molar-refractivity contribution in [3.05, 3.63) is 0 Å². The topological polar surface area (TPSA) is 38.8 Å². The molecule has 1 heterocycles. The maximum absolute atomic E-state index is 11.3. The minimum absolute atomic E-state index is 0.0165. The lowest BCUT2D eigenvalue weighted by atomic mass is 9.84. The molecule has 1 aliphatic carbocycles. The van der Waals surface area contributed by atoms with Crippen molar-refractivity contribution in [1.29, 1.82) is 0 Å². The molecule has 1 saturated carbocycles. The minimum Gasteiger partial charge on any atom is -0.468 e. The first kappa shape index (κ1) is 9.93. The average molecular weight is 199 g/mol. The number of likely N-dealkylation sites (tertiary alicyclic amines) is 1. The van der Waals surface area contributed by atoms with Crippen LogP contribution in [0, 0.1) is 0 Å². The van der Waals surface area contributed by atoms with E-state index in [1.807, 2.05) is 0 Å². The fourth-order valence-corrected chi connectivity index (χ4v) is 2.23. The zero-order valence-corrected chi connectivity index (χ0v) is 8.73. The summed E-state index contributed by atoms with van der Waals surface area (Å²) in [7, 11) is 3.20. The summed E-state index contributed by atoms with van der Waals surface area (Å²) in [5.74, 6) is -0.0860. The quantitative estimate of drug-likeness (QED) is 0.617. The van der Waals surface area contributed by atoms with Crippen molar-refractivity contribution in [2.75, 3.05) is 20.8 Å². The number of methoxy groups -OCH3 is 2. The first-order valence-electron chi connectivity index (χ1n) is 5.12. The van der Waals surface area contributed by atoms with E-state index in [-0.39, 0.29) is 12.0 Å². The van der Waals surface area contributed by atoms with Gasteiger partial charge in [0.1, 0.15) is 6.04 Å². The van der Waals surface area contributed by atoms with Gasteiger partial charge in [-0.05, 0) is 19.3 Å². The van der Waals surface area contributed by atoms with Crippen LogP contribution in [-0.2, 0) is 14.3 Å². The summed E-state index contributed by atoms with van der Waals surface area (Å²) in [6.07, 6.45) is 3.47. The molecule has 80 valence electrons. The van der Waals surface area contributed by atoms with Gasteiger partial charge in [0.05, 0.1) is 13.2 Å². The fraction of sp³-hybridized carbons (Fsp3) is 0.900. The molecule has 4 nitrogen and oxygen atoms in total. The van der Waals surface area contributed by atoms with Crippen LogP contribution >= 0.6 is 0 Å². The second kappa shape index (κ2) is 3.87. The molecule has 1 atom stereocenters. The highest BCUT2D eigenvalue weighted by Gasteiger charge is 2.44. The zero-order valence-electron chi connectivity index (χ0n) is 8.73. The first-order valence-corrected chi connectivity index (χ1v) is 5.12. The fourth-order valence-electron chi connectivity index (χ4n) is 2.23. The Hall–Kier alpha value is -0.610. The van der Waals surface area contributed by atoms with E-state index in [1.165, 1.54) is 7.11 Å². The summed E-state index contributed by atoms with van der Waals surface area (Å²) >= 11 is 0. The summed E-state index contributed by atoms with van der Waals surface area (Å²) in [5, 5.41) is 0. The van der Waals surface area contributed by atoms with Crippen LogP contribution in [0.5, 0.6) is 0 Å². The van der Waals surface area contributed by atoms with Crippen LogP contribution in [-0.4, -0.2) is 49.8 Å². The van der Waals surface area contributed by atoms with E-state index in [0.29, 0.717) is 12.1 Å². The van der Waals surface area contributed by atoms with Crippen molar-refractivity contribution < 1.29 is 14.3 Å². The predicted molar refractivity (Wildman–Crippen MR) is 50.9 cm³/mol. The van der Waals surface area contributed by atoms with Gasteiger partial charge < -0.3 is 9.47 Å². The number of ether oxygens (including phenoxy) is 2. The van der Waals surface area contributed by atoms with Crippen molar-refractivity contribution in [3.8, 4) is 0 Å². The summed E-state index contributed by atoms with van der Waals surface area (Å²) in [5.41, 5.74) is 0. The standard InChI is InChI=1S/C10H17NO3/c1-13-8-5-7(6-8)11-4-3-9(11)10(12)14-2/h7-9H,3-6H2,1-2H3. The monoisotopic (exact) mass is 199 g/mol. The number of rotatable bonds is 3. The summed E-state index contributed by atoms with van der Waals surface area (Å²) < 4.78 is 9.96. The Morgan fingerprint density at radius 1 is 1.36 bits per heavy atom. The maximum Gasteiger partial charge on any atom is 0.323 e. The van der Waals surface area contributed by atoms with E-state index in [4.69, 9.17) is 9.47 Å². The van der Waals surface area contributed by atoms with Gasteiger partial charge in [-0.15, -0.1) is 0 Å². The lowest BCUT2D eigenvalue weighted by molar-refractivity contribution is -0.158. The molecule has 0 aromatic rings. The Bertz CT molecular complexity index is 225. The SMILES string of the molecule is COC(=O)C1CCN1C1CC(OC)C1. The molecule has 0 aromatic carbocycles. The third-order valence-corrected chi connectivity index (χ3v) is 3.41. The summed E-state index contributed by atoms with van der Waals surface area (Å²) in [4.78, 5) is 13.5. The number of esters is 1. The first-order chi connectivity index (χ1) is 6.76. The van der Waals surface area contributed by atoms with Gasteiger partial charge in [-0.3, -0.25) is 9.69 Å². The molecule has 4 heteroatoms. The lowest BCUT2D eigenvalue weighted by Gasteiger charge is -2.50. The van der Waals surface area contributed by atoms with Crippen molar-refractivity contribution in [3.63, 3.8) is 0 Å².